The van der Waals surface area contributed by atoms with Crippen molar-refractivity contribution in [3.05, 3.63) is 34.8 Å². The minimum atomic E-state index is -3.54. The summed E-state index contributed by atoms with van der Waals surface area (Å²) in [5.74, 6) is -0.791. The molecule has 0 spiro atoms. The third-order valence-electron chi connectivity index (χ3n) is 6.24. The van der Waals surface area contributed by atoms with Crippen molar-refractivity contribution in [3.8, 4) is 0 Å². The van der Waals surface area contributed by atoms with Crippen molar-refractivity contribution in [2.45, 2.75) is 44.7 Å². The quantitative estimate of drug-likeness (QED) is 0.703. The van der Waals surface area contributed by atoms with Gasteiger partial charge in [-0.3, -0.25) is 9.36 Å². The number of oxazole rings is 1. The monoisotopic (exact) mass is 436 g/mol. The maximum absolute atomic E-state index is 13.0. The molecule has 1 saturated carbocycles. The van der Waals surface area contributed by atoms with Crippen molar-refractivity contribution < 1.29 is 17.6 Å². The van der Waals surface area contributed by atoms with Gasteiger partial charge in [-0.25, -0.2) is 4.79 Å². The van der Waals surface area contributed by atoms with E-state index in [1.807, 2.05) is 0 Å². The molecule has 1 saturated heterocycles. The first-order chi connectivity index (χ1) is 14.4. The first kappa shape index (κ1) is 21.1. The minimum Gasteiger partial charge on any atom is -0.408 e. The molecule has 0 radical (unpaired) electrons. The molecule has 10 heteroatoms. The van der Waals surface area contributed by atoms with Crippen molar-refractivity contribution in [1.29, 1.82) is 0 Å². The summed E-state index contributed by atoms with van der Waals surface area (Å²) in [5, 5.41) is 0. The van der Waals surface area contributed by atoms with Crippen LogP contribution < -0.4 is 5.76 Å². The van der Waals surface area contributed by atoms with Gasteiger partial charge in [-0.2, -0.15) is 17.0 Å². The van der Waals surface area contributed by atoms with Crippen molar-refractivity contribution in [2.24, 2.45) is 0 Å². The van der Waals surface area contributed by atoms with E-state index in [0.29, 0.717) is 24.2 Å². The van der Waals surface area contributed by atoms with Gasteiger partial charge in [0.15, 0.2) is 5.58 Å². The highest BCUT2D eigenvalue weighted by Crippen LogP contribution is 2.25. The van der Waals surface area contributed by atoms with Crippen molar-refractivity contribution in [1.82, 2.24) is 18.1 Å². The minimum absolute atomic E-state index is 0.0599. The van der Waals surface area contributed by atoms with E-state index < -0.39 is 16.0 Å². The zero-order valence-corrected chi connectivity index (χ0v) is 18.0. The molecule has 1 amide bonds. The number of hydrogen-bond donors (Lipinski definition) is 0. The lowest BCUT2D eigenvalue weighted by atomic mass is 9.96. The number of para-hydroxylation sites is 2. The van der Waals surface area contributed by atoms with Crippen LogP contribution in [0.2, 0.25) is 0 Å². The highest BCUT2D eigenvalue weighted by atomic mass is 32.2. The summed E-state index contributed by atoms with van der Waals surface area (Å²) >= 11 is 0. The lowest BCUT2D eigenvalue weighted by Gasteiger charge is -2.38. The maximum Gasteiger partial charge on any atom is 0.420 e. The number of benzene rings is 1. The smallest absolute Gasteiger partial charge is 0.408 e. The number of nitrogens with zero attached hydrogens (tertiary/aromatic N) is 4. The van der Waals surface area contributed by atoms with Crippen molar-refractivity contribution in [3.63, 3.8) is 0 Å². The zero-order valence-electron chi connectivity index (χ0n) is 17.2. The number of carbonyl (C=O) groups excluding carboxylic acids is 1. The van der Waals surface area contributed by atoms with Gasteiger partial charge in [0.1, 0.15) is 6.54 Å². The fourth-order valence-corrected chi connectivity index (χ4v) is 5.96. The molecule has 1 aromatic carbocycles. The van der Waals surface area contributed by atoms with Crippen LogP contribution in [-0.4, -0.2) is 71.7 Å². The molecule has 1 aromatic heterocycles. The van der Waals surface area contributed by atoms with Crippen LogP contribution in [0.4, 0.5) is 0 Å². The van der Waals surface area contributed by atoms with E-state index in [4.69, 9.17) is 4.42 Å². The Bertz CT molecular complexity index is 1060. The Balaban J connectivity index is 1.38. The Morgan fingerprint density at radius 1 is 1.10 bits per heavy atom. The lowest BCUT2D eigenvalue weighted by Crippen LogP contribution is -2.55. The average molecular weight is 437 g/mol. The van der Waals surface area contributed by atoms with Crippen LogP contribution in [-0.2, 0) is 21.5 Å². The van der Waals surface area contributed by atoms with Gasteiger partial charge in [-0.1, -0.05) is 31.4 Å². The van der Waals surface area contributed by atoms with E-state index in [-0.39, 0.29) is 31.6 Å². The second-order valence-electron chi connectivity index (χ2n) is 8.02. The maximum atomic E-state index is 13.0. The Hall–Kier alpha value is -2.17. The molecule has 1 aliphatic carbocycles. The molecule has 2 aliphatic rings. The average Bonchev–Trinajstić information content (AvgIpc) is 3.09. The standard InChI is InChI=1S/C20H28N4O5S/c1-21(16-7-3-2-4-8-16)30(27,28)23-13-11-22(12-14-23)19(25)15-24-17-9-5-6-10-18(17)29-20(24)26/h5-6,9-10,16H,2-4,7-8,11-15H2,1H3. The summed E-state index contributed by atoms with van der Waals surface area (Å²) in [6, 6.07) is 7.03. The van der Waals surface area contributed by atoms with Crippen LogP contribution in [0.25, 0.3) is 11.1 Å². The molecule has 2 fully saturated rings. The van der Waals surface area contributed by atoms with E-state index in [1.54, 1.807) is 36.2 Å². The molecule has 4 rings (SSSR count). The van der Waals surface area contributed by atoms with Gasteiger partial charge in [-0.15, -0.1) is 0 Å². The summed E-state index contributed by atoms with van der Waals surface area (Å²) in [5.41, 5.74) is 1.02. The largest absolute Gasteiger partial charge is 0.420 e. The van der Waals surface area contributed by atoms with Crippen LogP contribution in [0.15, 0.2) is 33.5 Å². The third kappa shape index (κ3) is 4.03. The first-order valence-electron chi connectivity index (χ1n) is 10.5. The number of piperazine rings is 1. The summed E-state index contributed by atoms with van der Waals surface area (Å²) in [4.78, 5) is 26.5. The Morgan fingerprint density at radius 2 is 1.77 bits per heavy atom. The van der Waals surface area contributed by atoms with Gasteiger partial charge >= 0.3 is 5.76 Å². The molecule has 0 atom stereocenters. The zero-order chi connectivity index (χ0) is 21.3. The number of aromatic nitrogens is 1. The Kier molecular flexibility index (Phi) is 5.99. The van der Waals surface area contributed by atoms with E-state index >= 15 is 0 Å². The highest BCUT2D eigenvalue weighted by Gasteiger charge is 2.35. The fourth-order valence-electron chi connectivity index (χ4n) is 4.38. The van der Waals surface area contributed by atoms with Crippen LogP contribution in [0.3, 0.4) is 0 Å². The molecule has 1 aliphatic heterocycles. The van der Waals surface area contributed by atoms with Crippen LogP contribution in [0, 0.1) is 0 Å². The SMILES string of the molecule is CN(C1CCCCC1)S(=O)(=O)N1CCN(C(=O)Cn2c(=O)oc3ccccc32)CC1. The summed E-state index contributed by atoms with van der Waals surface area (Å²) in [6.07, 6.45) is 5.10. The van der Waals surface area contributed by atoms with Crippen molar-refractivity contribution in [2.75, 3.05) is 33.2 Å². The molecular weight excluding hydrogens is 408 g/mol. The van der Waals surface area contributed by atoms with Crippen LogP contribution in [0.1, 0.15) is 32.1 Å². The first-order valence-corrected chi connectivity index (χ1v) is 11.9. The molecule has 0 N–H and O–H groups in total. The second-order valence-corrected chi connectivity index (χ2v) is 10.0. The molecule has 0 bridgehead atoms. The summed E-state index contributed by atoms with van der Waals surface area (Å²) in [7, 11) is -1.87. The number of fused-ring (bicyclic) bond motifs is 1. The lowest BCUT2D eigenvalue weighted by molar-refractivity contribution is -0.133. The Labute approximate surface area is 176 Å². The molecule has 164 valence electrons. The number of rotatable bonds is 5. The number of carbonyl (C=O) groups is 1. The third-order valence-corrected chi connectivity index (χ3v) is 8.28. The number of hydrogen-bond acceptors (Lipinski definition) is 5. The predicted molar refractivity (Wildman–Crippen MR) is 112 cm³/mol. The summed E-state index contributed by atoms with van der Waals surface area (Å²) < 4.78 is 35.5. The predicted octanol–water partition coefficient (Wildman–Crippen LogP) is 1.25. The van der Waals surface area contributed by atoms with Gasteiger partial charge in [0, 0.05) is 39.3 Å². The fraction of sp³-hybridized carbons (Fsp3) is 0.600. The van der Waals surface area contributed by atoms with E-state index in [1.165, 1.54) is 19.6 Å². The van der Waals surface area contributed by atoms with Gasteiger partial charge in [0.25, 0.3) is 10.2 Å². The highest BCUT2D eigenvalue weighted by molar-refractivity contribution is 7.86. The second kappa shape index (κ2) is 8.52. The van der Waals surface area contributed by atoms with Crippen molar-refractivity contribution >= 4 is 27.2 Å². The normalized spacial score (nSPS) is 19.6. The number of amides is 1. The molecule has 2 heterocycles. The van der Waals surface area contributed by atoms with Gasteiger partial charge < -0.3 is 9.32 Å². The van der Waals surface area contributed by atoms with Gasteiger partial charge in [0.2, 0.25) is 5.91 Å². The topological polar surface area (TPSA) is 96.1 Å². The summed E-state index contributed by atoms with van der Waals surface area (Å²) in [6.45, 7) is 1.01. The molecule has 30 heavy (non-hydrogen) atoms. The van der Waals surface area contributed by atoms with E-state index in [2.05, 4.69) is 0 Å². The molecule has 2 aromatic rings. The van der Waals surface area contributed by atoms with Crippen LogP contribution >= 0.6 is 0 Å². The van der Waals surface area contributed by atoms with Gasteiger partial charge in [0.05, 0.1) is 5.52 Å². The molecular formula is C20H28N4O5S. The van der Waals surface area contributed by atoms with E-state index in [0.717, 1.165) is 25.7 Å². The molecule has 0 unspecified atom stereocenters. The van der Waals surface area contributed by atoms with E-state index in [9.17, 15) is 18.0 Å². The van der Waals surface area contributed by atoms with Gasteiger partial charge in [-0.05, 0) is 25.0 Å². The Morgan fingerprint density at radius 3 is 2.47 bits per heavy atom. The molecule has 9 nitrogen and oxygen atoms in total. The van der Waals surface area contributed by atoms with Crippen LogP contribution in [0.5, 0.6) is 0 Å².